The molecule has 0 unspecified atom stereocenters. The van der Waals surface area contributed by atoms with Gasteiger partial charge >= 0.3 is 5.97 Å². The number of nitrogens with zero attached hydrogens (tertiary/aromatic N) is 1. The zero-order valence-corrected chi connectivity index (χ0v) is 13.8. The second-order valence-corrected chi connectivity index (χ2v) is 6.22. The number of aromatic nitrogens is 1. The molecule has 0 saturated heterocycles. The summed E-state index contributed by atoms with van der Waals surface area (Å²) in [4.78, 5) is 15.1. The van der Waals surface area contributed by atoms with Crippen LogP contribution in [0.5, 0.6) is 5.75 Å². The second-order valence-electron chi connectivity index (χ2n) is 5.28. The number of aryl methyl sites for hydroxylation is 1. The van der Waals surface area contributed by atoms with E-state index >= 15 is 0 Å². The molecule has 0 radical (unpaired) electrons. The van der Waals surface area contributed by atoms with Gasteiger partial charge in [0.1, 0.15) is 5.75 Å². The Balaban J connectivity index is 2.10. The number of ether oxygens (including phenoxy) is 1. The maximum Gasteiger partial charge on any atom is 0.355 e. The molecule has 0 aliphatic rings. The monoisotopic (exact) mass is 319 g/mol. The number of rotatable bonds is 8. The van der Waals surface area contributed by atoms with E-state index in [0.717, 1.165) is 34.7 Å². The van der Waals surface area contributed by atoms with Gasteiger partial charge in [0.05, 0.1) is 11.6 Å². The molecule has 0 aliphatic heterocycles. The van der Waals surface area contributed by atoms with Crippen molar-refractivity contribution in [1.82, 2.24) is 4.98 Å². The van der Waals surface area contributed by atoms with Crippen LogP contribution >= 0.6 is 11.3 Å². The maximum absolute atomic E-state index is 10.9. The minimum absolute atomic E-state index is 0.109. The van der Waals surface area contributed by atoms with Crippen molar-refractivity contribution in [2.24, 2.45) is 0 Å². The van der Waals surface area contributed by atoms with Gasteiger partial charge in [-0.2, -0.15) is 0 Å². The van der Waals surface area contributed by atoms with Crippen LogP contribution < -0.4 is 4.74 Å². The molecule has 0 spiro atoms. The zero-order valence-electron chi connectivity index (χ0n) is 13.0. The number of aromatic carboxylic acids is 1. The van der Waals surface area contributed by atoms with Crippen LogP contribution in [0.25, 0.3) is 0 Å². The molecule has 22 heavy (non-hydrogen) atoms. The fourth-order valence-electron chi connectivity index (χ4n) is 2.17. The van der Waals surface area contributed by atoms with Crippen LogP contribution in [0.1, 0.15) is 52.8 Å². The molecular weight excluding hydrogens is 298 g/mol. The Hall–Kier alpha value is -1.88. The SMILES string of the molecule is CCCCCOc1ccc(C)cc1Cc1nc(C(=O)O)cs1. The summed E-state index contributed by atoms with van der Waals surface area (Å²) in [6.45, 7) is 4.91. The minimum Gasteiger partial charge on any atom is -0.493 e. The van der Waals surface area contributed by atoms with Crippen molar-refractivity contribution in [2.75, 3.05) is 6.61 Å². The Morgan fingerprint density at radius 1 is 1.36 bits per heavy atom. The summed E-state index contributed by atoms with van der Waals surface area (Å²) in [6, 6.07) is 6.10. The van der Waals surface area contributed by atoms with Gasteiger partial charge in [-0.3, -0.25) is 0 Å². The number of unbranched alkanes of at least 4 members (excludes halogenated alkanes) is 2. The second kappa shape index (κ2) is 7.94. The number of thiazole rings is 1. The fraction of sp³-hybridized carbons (Fsp3) is 0.412. The summed E-state index contributed by atoms with van der Waals surface area (Å²) < 4.78 is 5.88. The number of hydrogen-bond donors (Lipinski definition) is 1. The van der Waals surface area contributed by atoms with Crippen LogP contribution in [0.3, 0.4) is 0 Å². The third-order valence-electron chi connectivity index (χ3n) is 3.33. The van der Waals surface area contributed by atoms with Gasteiger partial charge in [-0.05, 0) is 19.4 Å². The van der Waals surface area contributed by atoms with Gasteiger partial charge in [-0.15, -0.1) is 11.3 Å². The predicted molar refractivity (Wildman–Crippen MR) is 88.1 cm³/mol. The first-order chi connectivity index (χ1) is 10.6. The van der Waals surface area contributed by atoms with Crippen LogP contribution in [-0.2, 0) is 6.42 Å². The van der Waals surface area contributed by atoms with Gasteiger partial charge < -0.3 is 9.84 Å². The molecule has 0 fully saturated rings. The molecule has 118 valence electrons. The number of carboxylic acids is 1. The first-order valence-electron chi connectivity index (χ1n) is 7.50. The predicted octanol–water partition coefficient (Wildman–Crippen LogP) is 4.31. The summed E-state index contributed by atoms with van der Waals surface area (Å²) in [7, 11) is 0. The smallest absolute Gasteiger partial charge is 0.355 e. The van der Waals surface area contributed by atoms with E-state index in [2.05, 4.69) is 18.0 Å². The lowest BCUT2D eigenvalue weighted by Gasteiger charge is -2.11. The largest absolute Gasteiger partial charge is 0.493 e. The summed E-state index contributed by atoms with van der Waals surface area (Å²) in [5, 5.41) is 11.3. The quantitative estimate of drug-likeness (QED) is 0.737. The van der Waals surface area contributed by atoms with Crippen LogP contribution in [-0.4, -0.2) is 22.7 Å². The lowest BCUT2D eigenvalue weighted by atomic mass is 10.1. The molecule has 4 nitrogen and oxygen atoms in total. The van der Waals surface area contributed by atoms with Crippen molar-refractivity contribution >= 4 is 17.3 Å². The molecule has 1 heterocycles. The Bertz CT molecular complexity index is 637. The summed E-state index contributed by atoms with van der Waals surface area (Å²) in [5.74, 6) is -0.114. The van der Waals surface area contributed by atoms with Crippen molar-refractivity contribution < 1.29 is 14.6 Å². The van der Waals surface area contributed by atoms with Crippen molar-refractivity contribution in [2.45, 2.75) is 39.5 Å². The molecule has 0 saturated carbocycles. The highest BCUT2D eigenvalue weighted by Crippen LogP contribution is 2.25. The Morgan fingerprint density at radius 3 is 2.86 bits per heavy atom. The van der Waals surface area contributed by atoms with Gasteiger partial charge in [0.2, 0.25) is 0 Å². The fourth-order valence-corrected chi connectivity index (χ4v) is 2.97. The summed E-state index contributed by atoms with van der Waals surface area (Å²) >= 11 is 1.37. The number of benzene rings is 1. The molecule has 1 aromatic carbocycles. The highest BCUT2D eigenvalue weighted by molar-refractivity contribution is 7.09. The molecule has 0 amide bonds. The number of carbonyl (C=O) groups is 1. The summed E-state index contributed by atoms with van der Waals surface area (Å²) in [6.07, 6.45) is 3.98. The number of carboxylic acid groups (broad SMARTS) is 1. The first-order valence-corrected chi connectivity index (χ1v) is 8.38. The molecular formula is C17H21NO3S. The van der Waals surface area contributed by atoms with Crippen molar-refractivity contribution in [3.63, 3.8) is 0 Å². The van der Waals surface area contributed by atoms with Gasteiger partial charge in [0.25, 0.3) is 0 Å². The van der Waals surface area contributed by atoms with Crippen LogP contribution in [0.4, 0.5) is 0 Å². The molecule has 2 aromatic rings. The van der Waals surface area contributed by atoms with E-state index in [9.17, 15) is 4.79 Å². The molecule has 0 bridgehead atoms. The lowest BCUT2D eigenvalue weighted by molar-refractivity contribution is 0.0691. The molecule has 0 aliphatic carbocycles. The van der Waals surface area contributed by atoms with E-state index in [-0.39, 0.29) is 5.69 Å². The average molecular weight is 319 g/mol. The topological polar surface area (TPSA) is 59.4 Å². The highest BCUT2D eigenvalue weighted by atomic mass is 32.1. The van der Waals surface area contributed by atoms with Crippen LogP contribution in [0.2, 0.25) is 0 Å². The van der Waals surface area contributed by atoms with E-state index < -0.39 is 5.97 Å². The Morgan fingerprint density at radius 2 is 2.18 bits per heavy atom. The van der Waals surface area contributed by atoms with Crippen molar-refractivity contribution in [3.8, 4) is 5.75 Å². The van der Waals surface area contributed by atoms with E-state index in [4.69, 9.17) is 9.84 Å². The summed E-state index contributed by atoms with van der Waals surface area (Å²) in [5.41, 5.74) is 2.33. The van der Waals surface area contributed by atoms with Gasteiger partial charge in [-0.1, -0.05) is 37.5 Å². The first kappa shape index (κ1) is 16.5. The van der Waals surface area contributed by atoms with Crippen molar-refractivity contribution in [1.29, 1.82) is 0 Å². The molecule has 1 N–H and O–H groups in total. The van der Waals surface area contributed by atoms with E-state index in [1.54, 1.807) is 5.38 Å². The number of hydrogen-bond acceptors (Lipinski definition) is 4. The normalized spacial score (nSPS) is 10.6. The Kier molecular flexibility index (Phi) is 5.95. The van der Waals surface area contributed by atoms with Crippen molar-refractivity contribution in [3.05, 3.63) is 45.4 Å². The molecule has 0 atom stereocenters. The van der Waals surface area contributed by atoms with Gasteiger partial charge in [0, 0.05) is 17.4 Å². The average Bonchev–Trinajstić information content (AvgIpc) is 2.94. The standard InChI is InChI=1S/C17H21NO3S/c1-3-4-5-8-21-15-7-6-12(2)9-13(15)10-16-18-14(11-22-16)17(19)20/h6-7,9,11H,3-5,8,10H2,1-2H3,(H,19,20). The van der Waals surface area contributed by atoms with Crippen LogP contribution in [0, 0.1) is 6.92 Å². The maximum atomic E-state index is 10.9. The molecule has 2 rings (SSSR count). The van der Waals surface area contributed by atoms with Gasteiger partial charge in [-0.25, -0.2) is 9.78 Å². The zero-order chi connectivity index (χ0) is 15.9. The van der Waals surface area contributed by atoms with Gasteiger partial charge in [0.15, 0.2) is 5.69 Å². The highest BCUT2D eigenvalue weighted by Gasteiger charge is 2.12. The minimum atomic E-state index is -0.984. The third kappa shape index (κ3) is 4.56. The molecule has 1 aromatic heterocycles. The molecule has 5 heteroatoms. The van der Waals surface area contributed by atoms with E-state index in [1.807, 2.05) is 19.1 Å². The third-order valence-corrected chi connectivity index (χ3v) is 4.18. The van der Waals surface area contributed by atoms with Crippen LogP contribution in [0.15, 0.2) is 23.6 Å². The lowest BCUT2D eigenvalue weighted by Crippen LogP contribution is -2.02. The van der Waals surface area contributed by atoms with E-state index in [0.29, 0.717) is 13.0 Å². The Labute approximate surface area is 134 Å². The van der Waals surface area contributed by atoms with E-state index in [1.165, 1.54) is 17.8 Å².